The Labute approximate surface area is 261 Å². The average Bonchev–Trinajstić information content (AvgIpc) is 3.75. The molecule has 3 aromatic heterocycles. The summed E-state index contributed by atoms with van der Waals surface area (Å²) < 4.78 is 4.56. The molecule has 2 aliphatic rings. The molecular formula is C35H36N8O2. The fraction of sp³-hybridized carbons (Fsp3) is 0.343. The van der Waals surface area contributed by atoms with Gasteiger partial charge in [0.25, 0.3) is 5.56 Å². The van der Waals surface area contributed by atoms with Crippen LogP contribution in [-0.4, -0.2) is 65.3 Å². The number of para-hydroxylation sites is 1. The normalized spacial score (nSPS) is 19.7. The molecule has 2 fully saturated rings. The molecule has 0 saturated carbocycles. The molecule has 0 bridgehead atoms. The molecule has 45 heavy (non-hydrogen) atoms. The van der Waals surface area contributed by atoms with E-state index in [0.29, 0.717) is 41.6 Å². The third-order valence-electron chi connectivity index (χ3n) is 8.91. The highest BCUT2D eigenvalue weighted by atomic mass is 16.2. The first-order valence-corrected chi connectivity index (χ1v) is 15.5. The van der Waals surface area contributed by atoms with Gasteiger partial charge in [-0.15, -0.1) is 5.92 Å². The van der Waals surface area contributed by atoms with E-state index in [1.54, 1.807) is 14.0 Å². The van der Waals surface area contributed by atoms with Crippen molar-refractivity contribution in [3.05, 3.63) is 98.6 Å². The van der Waals surface area contributed by atoms with Crippen LogP contribution in [0.15, 0.2) is 70.3 Å². The van der Waals surface area contributed by atoms with E-state index in [1.165, 1.54) is 14.7 Å². The van der Waals surface area contributed by atoms with Gasteiger partial charge in [0, 0.05) is 49.8 Å². The maximum Gasteiger partial charge on any atom is 0.332 e. The van der Waals surface area contributed by atoms with Crippen LogP contribution in [0, 0.1) is 18.8 Å². The third-order valence-corrected chi connectivity index (χ3v) is 8.91. The third kappa shape index (κ3) is 5.44. The van der Waals surface area contributed by atoms with Crippen LogP contribution in [-0.2, 0) is 20.1 Å². The molecule has 2 saturated heterocycles. The molecule has 228 valence electrons. The summed E-state index contributed by atoms with van der Waals surface area (Å²) in [5.41, 5.74) is 2.65. The number of hydrogen-bond acceptors (Lipinski definition) is 7. The fourth-order valence-electron chi connectivity index (χ4n) is 6.51. The summed E-state index contributed by atoms with van der Waals surface area (Å²) in [6.07, 6.45) is 6.61. The summed E-state index contributed by atoms with van der Waals surface area (Å²) in [6, 6.07) is 18.9. The molecule has 0 aliphatic carbocycles. The zero-order valence-corrected chi connectivity index (χ0v) is 25.8. The van der Waals surface area contributed by atoms with Crippen molar-refractivity contribution < 1.29 is 0 Å². The van der Waals surface area contributed by atoms with Crippen molar-refractivity contribution in [3.8, 4) is 11.8 Å². The molecule has 7 rings (SSSR count). The minimum atomic E-state index is -0.451. The van der Waals surface area contributed by atoms with Gasteiger partial charge < -0.3 is 4.90 Å². The first-order chi connectivity index (χ1) is 21.9. The van der Waals surface area contributed by atoms with E-state index >= 15 is 0 Å². The standard InChI is InChI=1S/C35H36N8O2/c1-4-5-20-41-31-32(39(3)35(45)43(33(31)44)23-30-36-24(2)28-15-9-10-16-29(28)37-30)38-34(41)40-19-11-14-26(21-40)42-22-27(42)18-17-25-12-7-6-8-13-25/h6-10,12-13,15-18,26-27H,11,14,19-23H2,1-3H3/b18-17+/t26-,27?,42?/m1/s1. The molecule has 0 spiro atoms. The lowest BCUT2D eigenvalue weighted by Gasteiger charge is -2.34. The van der Waals surface area contributed by atoms with Gasteiger partial charge in [-0.2, -0.15) is 4.98 Å². The Bertz CT molecular complexity index is 2120. The number of nitrogens with zero attached hydrogens (tertiary/aromatic N) is 8. The highest BCUT2D eigenvalue weighted by Gasteiger charge is 2.40. The zero-order chi connectivity index (χ0) is 31.1. The van der Waals surface area contributed by atoms with Gasteiger partial charge in [-0.25, -0.2) is 14.8 Å². The quantitative estimate of drug-likeness (QED) is 0.208. The summed E-state index contributed by atoms with van der Waals surface area (Å²) in [7, 11) is 1.66. The SMILES string of the molecule is CC#CCn1c(N2CCC[C@@H](N3CC3/C=C/c3ccccc3)C2)nc2c1c(=O)n(Cc1nc(C)c3ccccc3n1)c(=O)n2C. The minimum absolute atomic E-state index is 0.0360. The van der Waals surface area contributed by atoms with Crippen LogP contribution in [0.25, 0.3) is 28.1 Å². The van der Waals surface area contributed by atoms with Crippen LogP contribution >= 0.6 is 0 Å². The van der Waals surface area contributed by atoms with Gasteiger partial charge >= 0.3 is 5.69 Å². The number of anilines is 1. The fourth-order valence-corrected chi connectivity index (χ4v) is 6.51. The molecule has 0 amide bonds. The minimum Gasteiger partial charge on any atom is -0.341 e. The predicted octanol–water partition coefficient (Wildman–Crippen LogP) is 3.59. The second kappa shape index (κ2) is 11.8. The molecule has 0 N–H and O–H groups in total. The van der Waals surface area contributed by atoms with Gasteiger partial charge in [0.1, 0.15) is 5.82 Å². The van der Waals surface area contributed by atoms with Gasteiger partial charge in [-0.05, 0) is 38.3 Å². The lowest BCUT2D eigenvalue weighted by atomic mass is 10.1. The molecule has 5 aromatic rings. The van der Waals surface area contributed by atoms with Crippen molar-refractivity contribution in [2.24, 2.45) is 7.05 Å². The summed E-state index contributed by atoms with van der Waals surface area (Å²) in [6.45, 7) is 6.62. The van der Waals surface area contributed by atoms with Crippen LogP contribution in [0.1, 0.15) is 36.8 Å². The molecule has 10 heteroatoms. The monoisotopic (exact) mass is 600 g/mol. The van der Waals surface area contributed by atoms with Crippen LogP contribution in [0.2, 0.25) is 0 Å². The number of aromatic nitrogens is 6. The largest absolute Gasteiger partial charge is 0.341 e. The highest BCUT2D eigenvalue weighted by Crippen LogP contribution is 2.31. The number of piperidine rings is 1. The van der Waals surface area contributed by atoms with Crippen molar-refractivity contribution in [1.82, 2.24) is 33.6 Å². The van der Waals surface area contributed by atoms with E-state index in [0.717, 1.165) is 49.1 Å². The van der Waals surface area contributed by atoms with Crippen LogP contribution < -0.4 is 16.1 Å². The van der Waals surface area contributed by atoms with Crippen molar-refractivity contribution >= 4 is 34.1 Å². The van der Waals surface area contributed by atoms with E-state index in [4.69, 9.17) is 4.98 Å². The lowest BCUT2D eigenvalue weighted by molar-refractivity contribution is 0.325. The van der Waals surface area contributed by atoms with Crippen LogP contribution in [0.5, 0.6) is 0 Å². The molecule has 2 aromatic carbocycles. The molecular weight excluding hydrogens is 564 g/mol. The van der Waals surface area contributed by atoms with Gasteiger partial charge in [-0.1, -0.05) is 66.6 Å². The number of aryl methyl sites for hydroxylation is 2. The van der Waals surface area contributed by atoms with E-state index in [2.05, 4.69) is 68.0 Å². The summed E-state index contributed by atoms with van der Waals surface area (Å²) in [5.74, 6) is 7.19. The number of fused-ring (bicyclic) bond motifs is 2. The second-order valence-electron chi connectivity index (χ2n) is 11.8. The highest BCUT2D eigenvalue weighted by molar-refractivity contribution is 5.80. The number of benzene rings is 2. The first kappa shape index (κ1) is 28.7. The van der Waals surface area contributed by atoms with Crippen molar-refractivity contribution in [1.29, 1.82) is 0 Å². The summed E-state index contributed by atoms with van der Waals surface area (Å²) in [5, 5.41) is 0.943. The zero-order valence-electron chi connectivity index (χ0n) is 25.8. The molecule has 0 radical (unpaired) electrons. The molecule has 2 aliphatic heterocycles. The summed E-state index contributed by atoms with van der Waals surface area (Å²) >= 11 is 0. The van der Waals surface area contributed by atoms with Crippen molar-refractivity contribution in [2.45, 2.75) is 51.9 Å². The van der Waals surface area contributed by atoms with Crippen LogP contribution in [0.3, 0.4) is 0 Å². The molecule has 2 unspecified atom stereocenters. The van der Waals surface area contributed by atoms with Crippen molar-refractivity contribution in [2.75, 3.05) is 24.5 Å². The van der Waals surface area contributed by atoms with E-state index in [1.807, 2.05) is 41.8 Å². The Morgan fingerprint density at radius 1 is 0.978 bits per heavy atom. The molecule has 5 heterocycles. The Morgan fingerprint density at radius 2 is 1.78 bits per heavy atom. The Morgan fingerprint density at radius 3 is 2.60 bits per heavy atom. The predicted molar refractivity (Wildman–Crippen MR) is 177 cm³/mol. The van der Waals surface area contributed by atoms with Gasteiger partial charge in [0.05, 0.1) is 18.6 Å². The van der Waals surface area contributed by atoms with Crippen molar-refractivity contribution in [3.63, 3.8) is 0 Å². The molecule has 10 nitrogen and oxygen atoms in total. The molecule has 3 atom stereocenters. The second-order valence-corrected chi connectivity index (χ2v) is 11.8. The average molecular weight is 601 g/mol. The van der Waals surface area contributed by atoms with Gasteiger partial charge in [0.2, 0.25) is 5.95 Å². The van der Waals surface area contributed by atoms with E-state index < -0.39 is 11.2 Å². The number of rotatable bonds is 7. The van der Waals surface area contributed by atoms with Crippen LogP contribution in [0.4, 0.5) is 5.95 Å². The maximum absolute atomic E-state index is 14.1. The Hall–Kier alpha value is -5.01. The number of hydrogen-bond donors (Lipinski definition) is 0. The van der Waals surface area contributed by atoms with E-state index in [-0.39, 0.29) is 6.54 Å². The first-order valence-electron chi connectivity index (χ1n) is 15.5. The maximum atomic E-state index is 14.1. The smallest absolute Gasteiger partial charge is 0.332 e. The van der Waals surface area contributed by atoms with E-state index in [9.17, 15) is 9.59 Å². The Balaban J connectivity index is 1.22. The Kier molecular flexibility index (Phi) is 7.55. The summed E-state index contributed by atoms with van der Waals surface area (Å²) in [4.78, 5) is 46.7. The van der Waals surface area contributed by atoms with Gasteiger partial charge in [-0.3, -0.25) is 23.4 Å². The topological polar surface area (TPSA) is 93.8 Å². The number of imidazole rings is 1. The lowest BCUT2D eigenvalue weighted by Crippen LogP contribution is -2.43. The van der Waals surface area contributed by atoms with Gasteiger partial charge in [0.15, 0.2) is 11.2 Å².